The van der Waals surface area contributed by atoms with E-state index in [1.165, 1.54) is 7.11 Å². The van der Waals surface area contributed by atoms with Gasteiger partial charge in [0.05, 0.1) is 18.2 Å². The van der Waals surface area contributed by atoms with Crippen molar-refractivity contribution in [3.63, 3.8) is 0 Å². The number of rotatable bonds is 7. The number of aromatic nitrogens is 3. The number of esters is 1. The van der Waals surface area contributed by atoms with E-state index in [4.69, 9.17) is 9.47 Å². The molecule has 0 unspecified atom stereocenters. The Bertz CT molecular complexity index is 1580. The molecule has 0 saturated carbocycles. The standard InChI is InChI=1S/C31H26N4O4/c1-38-27-19-21(18-25(20-32)30-34-33-28-10-6-3-7-17-35(28)30)11-16-26(27)39-31(37)24-14-12-23(13-15-24)29(36)22-8-4-2-5-9-22/h2,4-5,8-9,11-16,18-19H,3,6-7,10,17H2,1H3/b25-18+. The van der Waals surface area contributed by atoms with Crippen molar-refractivity contribution in [3.05, 3.63) is 107 Å². The number of hydrogen-bond acceptors (Lipinski definition) is 7. The fraction of sp³-hybridized carbons (Fsp3) is 0.194. The summed E-state index contributed by atoms with van der Waals surface area (Å²) in [5.74, 6) is 1.32. The summed E-state index contributed by atoms with van der Waals surface area (Å²) in [5.41, 5.74) is 2.44. The first-order chi connectivity index (χ1) is 19.1. The van der Waals surface area contributed by atoms with Crippen molar-refractivity contribution in [3.8, 4) is 17.6 Å². The number of ketones is 1. The highest BCUT2D eigenvalue weighted by Crippen LogP contribution is 2.31. The predicted octanol–water partition coefficient (Wildman–Crippen LogP) is 5.53. The minimum atomic E-state index is -0.584. The topological polar surface area (TPSA) is 107 Å². The number of carbonyl (C=O) groups excluding carboxylic acids is 2. The van der Waals surface area contributed by atoms with E-state index in [0.29, 0.717) is 39.4 Å². The molecule has 0 radical (unpaired) electrons. The van der Waals surface area contributed by atoms with Crippen LogP contribution in [0.2, 0.25) is 0 Å². The van der Waals surface area contributed by atoms with Gasteiger partial charge in [-0.15, -0.1) is 10.2 Å². The summed E-state index contributed by atoms with van der Waals surface area (Å²) in [6, 6.07) is 22.6. The SMILES string of the molecule is COc1cc(/C=C(\C#N)c2nnc3n2CCCCC3)ccc1OC(=O)c1ccc(C(=O)c2ccccc2)cc1. The highest BCUT2D eigenvalue weighted by Gasteiger charge is 2.19. The molecule has 1 aliphatic heterocycles. The van der Waals surface area contributed by atoms with Gasteiger partial charge in [0.1, 0.15) is 11.9 Å². The zero-order chi connectivity index (χ0) is 27.2. The molecule has 8 heteroatoms. The van der Waals surface area contributed by atoms with E-state index in [1.807, 2.05) is 10.6 Å². The summed E-state index contributed by atoms with van der Waals surface area (Å²) in [4.78, 5) is 25.5. The first-order valence-electron chi connectivity index (χ1n) is 12.7. The van der Waals surface area contributed by atoms with Crippen LogP contribution < -0.4 is 9.47 Å². The molecule has 0 aliphatic carbocycles. The van der Waals surface area contributed by atoms with Gasteiger partial charge in [0.25, 0.3) is 0 Å². The lowest BCUT2D eigenvalue weighted by Gasteiger charge is -2.11. The molecular weight excluding hydrogens is 492 g/mol. The van der Waals surface area contributed by atoms with Gasteiger partial charge in [-0.2, -0.15) is 5.26 Å². The summed E-state index contributed by atoms with van der Waals surface area (Å²) >= 11 is 0. The summed E-state index contributed by atoms with van der Waals surface area (Å²) in [6.07, 6.45) is 5.79. The Hall–Kier alpha value is -5.03. The van der Waals surface area contributed by atoms with Crippen LogP contribution in [0.15, 0.2) is 72.8 Å². The maximum absolute atomic E-state index is 12.8. The van der Waals surface area contributed by atoms with Crippen molar-refractivity contribution in [1.82, 2.24) is 14.8 Å². The fourth-order valence-corrected chi connectivity index (χ4v) is 4.53. The van der Waals surface area contributed by atoms with Crippen LogP contribution in [0.1, 0.15) is 62.8 Å². The Kier molecular flexibility index (Phi) is 7.60. The van der Waals surface area contributed by atoms with E-state index in [1.54, 1.807) is 72.8 Å². The molecule has 0 saturated heterocycles. The molecule has 0 fully saturated rings. The van der Waals surface area contributed by atoms with Gasteiger partial charge in [-0.05, 0) is 48.7 Å². The average molecular weight is 519 g/mol. The maximum Gasteiger partial charge on any atom is 0.343 e. The molecule has 1 aromatic heterocycles. The summed E-state index contributed by atoms with van der Waals surface area (Å²) in [7, 11) is 1.48. The van der Waals surface area contributed by atoms with Crippen molar-refractivity contribution in [1.29, 1.82) is 5.26 Å². The molecular formula is C31H26N4O4. The zero-order valence-corrected chi connectivity index (χ0v) is 21.5. The fourth-order valence-electron chi connectivity index (χ4n) is 4.53. The number of nitriles is 1. The largest absolute Gasteiger partial charge is 0.493 e. The number of fused-ring (bicyclic) bond motifs is 1. The molecule has 4 aromatic rings. The normalized spacial score (nSPS) is 13.1. The molecule has 0 atom stereocenters. The minimum absolute atomic E-state index is 0.125. The summed E-state index contributed by atoms with van der Waals surface area (Å²) in [6.45, 7) is 0.788. The van der Waals surface area contributed by atoms with E-state index in [2.05, 4.69) is 16.3 Å². The number of benzene rings is 3. The lowest BCUT2D eigenvalue weighted by Crippen LogP contribution is -2.10. The number of ether oxygens (including phenoxy) is 2. The van der Waals surface area contributed by atoms with Crippen molar-refractivity contribution >= 4 is 23.4 Å². The lowest BCUT2D eigenvalue weighted by atomic mass is 10.0. The highest BCUT2D eigenvalue weighted by atomic mass is 16.6. The summed E-state index contributed by atoms with van der Waals surface area (Å²) in [5, 5.41) is 18.4. The van der Waals surface area contributed by atoms with Gasteiger partial charge in [-0.1, -0.05) is 55.0 Å². The zero-order valence-electron chi connectivity index (χ0n) is 21.5. The Morgan fingerprint density at radius 2 is 1.64 bits per heavy atom. The van der Waals surface area contributed by atoms with E-state index in [0.717, 1.165) is 38.1 Å². The Morgan fingerprint density at radius 3 is 2.38 bits per heavy atom. The first kappa shape index (κ1) is 25.6. The second-order valence-electron chi connectivity index (χ2n) is 9.14. The third kappa shape index (κ3) is 5.63. The molecule has 0 spiro atoms. The second kappa shape index (κ2) is 11.6. The lowest BCUT2D eigenvalue weighted by molar-refractivity contribution is 0.0729. The maximum atomic E-state index is 12.8. The highest BCUT2D eigenvalue weighted by molar-refractivity contribution is 6.09. The molecule has 8 nitrogen and oxygen atoms in total. The number of hydrogen-bond donors (Lipinski definition) is 0. The Balaban J connectivity index is 1.33. The van der Waals surface area contributed by atoms with Crippen LogP contribution in [-0.2, 0) is 13.0 Å². The van der Waals surface area contributed by atoms with E-state index >= 15 is 0 Å². The molecule has 39 heavy (non-hydrogen) atoms. The van der Waals surface area contributed by atoms with Crippen molar-refractivity contribution < 1.29 is 19.1 Å². The van der Waals surface area contributed by atoms with Crippen LogP contribution >= 0.6 is 0 Å². The first-order valence-corrected chi connectivity index (χ1v) is 12.7. The number of nitrogens with zero attached hydrogens (tertiary/aromatic N) is 4. The number of allylic oxidation sites excluding steroid dienone is 1. The van der Waals surface area contributed by atoms with E-state index in [9.17, 15) is 14.9 Å². The van der Waals surface area contributed by atoms with Crippen LogP contribution in [0.4, 0.5) is 0 Å². The Morgan fingerprint density at radius 1 is 0.897 bits per heavy atom. The molecule has 3 aromatic carbocycles. The van der Waals surface area contributed by atoms with Gasteiger partial charge in [0, 0.05) is 24.1 Å². The smallest absolute Gasteiger partial charge is 0.343 e. The number of carbonyl (C=O) groups is 2. The van der Waals surface area contributed by atoms with E-state index < -0.39 is 5.97 Å². The minimum Gasteiger partial charge on any atom is -0.493 e. The molecule has 0 N–H and O–H groups in total. The predicted molar refractivity (Wildman–Crippen MR) is 145 cm³/mol. The van der Waals surface area contributed by atoms with Crippen LogP contribution in [0.3, 0.4) is 0 Å². The quantitative estimate of drug-likeness (QED) is 0.137. The Labute approximate surface area is 226 Å². The van der Waals surface area contributed by atoms with Crippen LogP contribution in [0.25, 0.3) is 11.6 Å². The van der Waals surface area contributed by atoms with Crippen molar-refractivity contribution in [2.45, 2.75) is 32.2 Å². The van der Waals surface area contributed by atoms with Crippen molar-refractivity contribution in [2.24, 2.45) is 0 Å². The van der Waals surface area contributed by atoms with Gasteiger partial charge >= 0.3 is 5.97 Å². The van der Waals surface area contributed by atoms with Gasteiger partial charge in [0.15, 0.2) is 23.1 Å². The molecule has 0 amide bonds. The van der Waals surface area contributed by atoms with Crippen LogP contribution in [-0.4, -0.2) is 33.6 Å². The third-order valence-electron chi connectivity index (χ3n) is 6.59. The molecule has 5 rings (SSSR count). The average Bonchev–Trinajstić information content (AvgIpc) is 3.23. The van der Waals surface area contributed by atoms with Gasteiger partial charge in [0.2, 0.25) is 0 Å². The monoisotopic (exact) mass is 518 g/mol. The second-order valence-corrected chi connectivity index (χ2v) is 9.14. The van der Waals surface area contributed by atoms with Crippen LogP contribution in [0.5, 0.6) is 11.5 Å². The van der Waals surface area contributed by atoms with Gasteiger partial charge in [-0.3, -0.25) is 4.79 Å². The number of aryl methyl sites for hydroxylation is 1. The molecule has 2 heterocycles. The third-order valence-corrected chi connectivity index (χ3v) is 6.59. The van der Waals surface area contributed by atoms with Gasteiger partial charge in [-0.25, -0.2) is 4.79 Å². The van der Waals surface area contributed by atoms with Gasteiger partial charge < -0.3 is 14.0 Å². The van der Waals surface area contributed by atoms with Crippen LogP contribution in [0, 0.1) is 11.3 Å². The summed E-state index contributed by atoms with van der Waals surface area (Å²) < 4.78 is 13.1. The number of methoxy groups -OCH3 is 1. The van der Waals surface area contributed by atoms with Crippen molar-refractivity contribution in [2.75, 3.05) is 7.11 Å². The van der Waals surface area contributed by atoms with E-state index in [-0.39, 0.29) is 11.5 Å². The molecule has 194 valence electrons. The molecule has 1 aliphatic rings. The molecule has 0 bridgehead atoms.